The highest BCUT2D eigenvalue weighted by Gasteiger charge is 2.44. The van der Waals surface area contributed by atoms with Gasteiger partial charge in [-0.25, -0.2) is 0 Å². The lowest BCUT2D eigenvalue weighted by atomic mass is 9.86. The number of anilines is 1. The molecule has 0 aliphatic carbocycles. The fourth-order valence-corrected chi connectivity index (χ4v) is 3.42. The maximum atomic E-state index is 12.6. The fourth-order valence-electron chi connectivity index (χ4n) is 3.42. The average Bonchev–Trinajstić information content (AvgIpc) is 2.59. The van der Waals surface area contributed by atoms with Crippen molar-refractivity contribution in [2.45, 2.75) is 6.92 Å². The van der Waals surface area contributed by atoms with Crippen LogP contribution in [0.3, 0.4) is 0 Å². The van der Waals surface area contributed by atoms with Gasteiger partial charge >= 0.3 is 0 Å². The van der Waals surface area contributed by atoms with Crippen LogP contribution in [-0.2, 0) is 9.53 Å². The third-order valence-electron chi connectivity index (χ3n) is 4.91. The number of amides is 1. The van der Waals surface area contributed by atoms with E-state index in [0.29, 0.717) is 13.2 Å². The Morgan fingerprint density at radius 1 is 1.13 bits per heavy atom. The van der Waals surface area contributed by atoms with Gasteiger partial charge < -0.3 is 14.5 Å². The molecule has 3 heterocycles. The molecule has 0 spiro atoms. The van der Waals surface area contributed by atoms with Crippen molar-refractivity contribution in [3.8, 4) is 0 Å². The molecule has 23 heavy (non-hydrogen) atoms. The number of hydrogen-bond donors (Lipinski definition) is 0. The summed E-state index contributed by atoms with van der Waals surface area (Å²) in [5.74, 6) is 0.236. The number of carbonyl (C=O) groups excluding carboxylic acids is 1. The summed E-state index contributed by atoms with van der Waals surface area (Å²) >= 11 is 0. The van der Waals surface area contributed by atoms with Crippen molar-refractivity contribution < 1.29 is 9.53 Å². The second-order valence-electron chi connectivity index (χ2n) is 6.71. The Balaban J connectivity index is 1.50. The van der Waals surface area contributed by atoms with Gasteiger partial charge in [0.25, 0.3) is 0 Å². The van der Waals surface area contributed by atoms with E-state index in [1.807, 2.05) is 30.3 Å². The molecule has 0 unspecified atom stereocenters. The van der Waals surface area contributed by atoms with Crippen LogP contribution in [0.1, 0.15) is 6.92 Å². The van der Waals surface area contributed by atoms with Gasteiger partial charge in [-0.05, 0) is 6.92 Å². The summed E-state index contributed by atoms with van der Waals surface area (Å²) in [6.45, 7) is 6.32. The summed E-state index contributed by atoms with van der Waals surface area (Å²) in [5.41, 5.74) is 0.858. The molecule has 0 saturated carbocycles. The van der Waals surface area contributed by atoms with Crippen molar-refractivity contribution in [3.63, 3.8) is 0 Å². The van der Waals surface area contributed by atoms with Gasteiger partial charge in [-0.15, -0.1) is 0 Å². The third-order valence-corrected chi connectivity index (χ3v) is 4.91. The number of ether oxygens (including phenoxy) is 1. The van der Waals surface area contributed by atoms with Crippen molar-refractivity contribution >= 4 is 22.4 Å². The van der Waals surface area contributed by atoms with Crippen molar-refractivity contribution in [1.82, 2.24) is 9.88 Å². The molecule has 120 valence electrons. The van der Waals surface area contributed by atoms with Gasteiger partial charge in [-0.3, -0.25) is 9.78 Å². The van der Waals surface area contributed by atoms with E-state index in [4.69, 9.17) is 4.74 Å². The summed E-state index contributed by atoms with van der Waals surface area (Å²) in [7, 11) is 0. The molecule has 0 radical (unpaired) electrons. The zero-order valence-electron chi connectivity index (χ0n) is 13.4. The lowest BCUT2D eigenvalue weighted by molar-refractivity contribution is -0.169. The Kier molecular flexibility index (Phi) is 3.45. The van der Waals surface area contributed by atoms with Gasteiger partial charge in [0.05, 0.1) is 30.5 Å². The number of nitrogens with zero attached hydrogens (tertiary/aromatic N) is 3. The maximum absolute atomic E-state index is 12.6. The molecule has 1 amide bonds. The quantitative estimate of drug-likeness (QED) is 0.850. The monoisotopic (exact) mass is 311 g/mol. The number of fused-ring (bicyclic) bond motifs is 1. The van der Waals surface area contributed by atoms with Gasteiger partial charge in [-0.2, -0.15) is 0 Å². The van der Waals surface area contributed by atoms with E-state index in [0.717, 1.165) is 37.3 Å². The van der Waals surface area contributed by atoms with Gasteiger partial charge in [0.2, 0.25) is 5.91 Å². The molecule has 2 aromatic rings. The van der Waals surface area contributed by atoms with E-state index in [1.54, 1.807) is 0 Å². The summed E-state index contributed by atoms with van der Waals surface area (Å²) in [5, 5.41) is 2.38. The number of benzene rings is 1. The average molecular weight is 311 g/mol. The molecule has 2 aliphatic rings. The molecule has 0 N–H and O–H groups in total. The minimum absolute atomic E-state index is 0.236. The van der Waals surface area contributed by atoms with Crippen molar-refractivity contribution in [3.05, 3.63) is 36.7 Å². The van der Waals surface area contributed by atoms with E-state index in [9.17, 15) is 4.79 Å². The van der Waals surface area contributed by atoms with Gasteiger partial charge in [0.1, 0.15) is 0 Å². The second-order valence-corrected chi connectivity index (χ2v) is 6.71. The first-order valence-corrected chi connectivity index (χ1v) is 8.12. The maximum Gasteiger partial charge on any atom is 0.233 e. The molecule has 2 saturated heterocycles. The van der Waals surface area contributed by atoms with Gasteiger partial charge in [-0.1, -0.05) is 24.3 Å². The number of aromatic nitrogens is 1. The fraction of sp³-hybridized carbons (Fsp3) is 0.444. The Labute approximate surface area is 135 Å². The third kappa shape index (κ3) is 2.45. The van der Waals surface area contributed by atoms with Crippen LogP contribution in [-0.4, -0.2) is 55.2 Å². The molecule has 1 aromatic carbocycles. The topological polar surface area (TPSA) is 45.7 Å². The predicted molar refractivity (Wildman–Crippen MR) is 89.5 cm³/mol. The first kappa shape index (κ1) is 14.5. The van der Waals surface area contributed by atoms with Gasteiger partial charge in [0, 0.05) is 43.1 Å². The molecule has 0 bridgehead atoms. The molecular formula is C18H21N3O2. The molecular weight excluding hydrogens is 290 g/mol. The highest BCUT2D eigenvalue weighted by Crippen LogP contribution is 2.31. The van der Waals surface area contributed by atoms with Crippen molar-refractivity contribution in [2.24, 2.45) is 5.41 Å². The largest absolute Gasteiger partial charge is 0.379 e. The summed E-state index contributed by atoms with van der Waals surface area (Å²) in [4.78, 5) is 21.3. The first-order chi connectivity index (χ1) is 11.2. The van der Waals surface area contributed by atoms with E-state index in [1.165, 1.54) is 5.39 Å². The highest BCUT2D eigenvalue weighted by atomic mass is 16.5. The Morgan fingerprint density at radius 2 is 1.87 bits per heavy atom. The predicted octanol–water partition coefficient (Wildman–Crippen LogP) is 1.92. The minimum atomic E-state index is -0.302. The molecule has 5 heteroatoms. The van der Waals surface area contributed by atoms with E-state index < -0.39 is 0 Å². The van der Waals surface area contributed by atoms with Crippen LogP contribution in [0, 0.1) is 5.41 Å². The summed E-state index contributed by atoms with van der Waals surface area (Å²) in [6, 6.07) is 8.31. The molecule has 5 nitrogen and oxygen atoms in total. The molecule has 2 aliphatic heterocycles. The van der Waals surface area contributed by atoms with Crippen molar-refractivity contribution in [2.75, 3.05) is 44.3 Å². The first-order valence-electron chi connectivity index (χ1n) is 8.12. The normalized spacial score (nSPS) is 20.4. The number of carbonyl (C=O) groups is 1. The van der Waals surface area contributed by atoms with Crippen LogP contribution < -0.4 is 4.90 Å². The second kappa shape index (κ2) is 5.49. The van der Waals surface area contributed by atoms with Gasteiger partial charge in [0.15, 0.2) is 0 Å². The number of pyridine rings is 1. The lowest BCUT2D eigenvalue weighted by Crippen LogP contribution is -2.58. The van der Waals surface area contributed by atoms with Crippen LogP contribution in [0.15, 0.2) is 36.7 Å². The van der Waals surface area contributed by atoms with Crippen LogP contribution in [0.4, 0.5) is 5.69 Å². The zero-order valence-corrected chi connectivity index (χ0v) is 13.4. The number of piperazine rings is 1. The molecule has 1 aromatic heterocycles. The Bertz CT molecular complexity index is 729. The number of hydrogen-bond acceptors (Lipinski definition) is 4. The SMILES string of the molecule is CC1(C(=O)N2CCN(c3cncc4ccccc34)CC2)COC1. The van der Waals surface area contributed by atoms with E-state index in [2.05, 4.69) is 28.1 Å². The Hall–Kier alpha value is -2.14. The molecule has 0 atom stereocenters. The minimum Gasteiger partial charge on any atom is -0.379 e. The summed E-state index contributed by atoms with van der Waals surface area (Å²) in [6.07, 6.45) is 3.83. The number of rotatable bonds is 2. The zero-order chi connectivity index (χ0) is 15.9. The standard InChI is InChI=1S/C18H21N3O2/c1-18(12-23-13-18)17(22)21-8-6-20(7-9-21)16-11-19-10-14-4-2-3-5-15(14)16/h2-5,10-11H,6-9,12-13H2,1H3. The van der Waals surface area contributed by atoms with Crippen LogP contribution in [0.5, 0.6) is 0 Å². The van der Waals surface area contributed by atoms with E-state index >= 15 is 0 Å². The Morgan fingerprint density at radius 3 is 2.57 bits per heavy atom. The van der Waals surface area contributed by atoms with Crippen LogP contribution >= 0.6 is 0 Å². The van der Waals surface area contributed by atoms with Crippen LogP contribution in [0.25, 0.3) is 10.8 Å². The van der Waals surface area contributed by atoms with Crippen LogP contribution in [0.2, 0.25) is 0 Å². The molecule has 2 fully saturated rings. The van der Waals surface area contributed by atoms with Crippen molar-refractivity contribution in [1.29, 1.82) is 0 Å². The van der Waals surface area contributed by atoms with E-state index in [-0.39, 0.29) is 11.3 Å². The summed E-state index contributed by atoms with van der Waals surface area (Å²) < 4.78 is 5.22. The smallest absolute Gasteiger partial charge is 0.233 e. The highest BCUT2D eigenvalue weighted by molar-refractivity contribution is 5.93. The molecule has 4 rings (SSSR count). The lowest BCUT2D eigenvalue weighted by Gasteiger charge is -2.43.